The van der Waals surface area contributed by atoms with Crippen molar-refractivity contribution in [2.75, 3.05) is 6.54 Å². The SMILES string of the molecule is CC(C)(C)OC(=O)NCC(N)c1ccc([N+](=O)[O-])cc1. The molecule has 0 heterocycles. The lowest BCUT2D eigenvalue weighted by Crippen LogP contribution is -2.36. The molecule has 1 unspecified atom stereocenters. The third-order valence-corrected chi connectivity index (χ3v) is 2.40. The molecule has 0 saturated carbocycles. The van der Waals surface area contributed by atoms with E-state index in [-0.39, 0.29) is 12.2 Å². The van der Waals surface area contributed by atoms with E-state index in [1.807, 2.05) is 0 Å². The number of carbonyl (C=O) groups is 1. The first-order valence-corrected chi connectivity index (χ1v) is 6.16. The molecule has 0 saturated heterocycles. The average Bonchev–Trinajstić information content (AvgIpc) is 2.34. The molecule has 0 aliphatic carbocycles. The normalized spacial score (nSPS) is 12.6. The number of nitrogens with zero attached hydrogens (tertiary/aromatic N) is 1. The Kier molecular flexibility index (Phi) is 5.04. The smallest absolute Gasteiger partial charge is 0.407 e. The Morgan fingerprint density at radius 2 is 1.95 bits per heavy atom. The molecular formula is C13H19N3O4. The molecule has 1 amide bonds. The van der Waals surface area contributed by atoms with Gasteiger partial charge in [-0.15, -0.1) is 0 Å². The van der Waals surface area contributed by atoms with Crippen molar-refractivity contribution < 1.29 is 14.5 Å². The Bertz CT molecular complexity index is 479. The number of rotatable bonds is 4. The first-order valence-electron chi connectivity index (χ1n) is 6.16. The van der Waals surface area contributed by atoms with Crippen LogP contribution in [-0.2, 0) is 4.74 Å². The first-order chi connectivity index (χ1) is 9.19. The second-order valence-electron chi connectivity index (χ2n) is 5.34. The fraction of sp³-hybridized carbons (Fsp3) is 0.462. The van der Waals surface area contributed by atoms with E-state index in [0.717, 1.165) is 0 Å². The number of nitro benzene ring substituents is 1. The van der Waals surface area contributed by atoms with Gasteiger partial charge in [0, 0.05) is 24.7 Å². The van der Waals surface area contributed by atoms with Gasteiger partial charge in [0.1, 0.15) is 5.60 Å². The number of ether oxygens (including phenoxy) is 1. The summed E-state index contributed by atoms with van der Waals surface area (Å²) in [6, 6.07) is 5.44. The van der Waals surface area contributed by atoms with Gasteiger partial charge in [-0.1, -0.05) is 12.1 Å². The van der Waals surface area contributed by atoms with Crippen LogP contribution in [0, 0.1) is 10.1 Å². The maximum absolute atomic E-state index is 11.5. The van der Waals surface area contributed by atoms with E-state index >= 15 is 0 Å². The number of benzene rings is 1. The van der Waals surface area contributed by atoms with Crippen LogP contribution in [0.5, 0.6) is 0 Å². The summed E-state index contributed by atoms with van der Waals surface area (Å²) >= 11 is 0. The number of nitrogens with one attached hydrogen (secondary N) is 1. The van der Waals surface area contributed by atoms with Crippen molar-refractivity contribution in [3.63, 3.8) is 0 Å². The molecule has 0 aliphatic heterocycles. The Hall–Kier alpha value is -2.15. The van der Waals surface area contributed by atoms with Crippen molar-refractivity contribution in [1.82, 2.24) is 5.32 Å². The number of alkyl carbamates (subject to hydrolysis) is 1. The predicted octanol–water partition coefficient (Wildman–Crippen LogP) is 2.12. The molecule has 0 radical (unpaired) electrons. The van der Waals surface area contributed by atoms with Gasteiger partial charge < -0.3 is 15.8 Å². The van der Waals surface area contributed by atoms with Crippen molar-refractivity contribution in [2.45, 2.75) is 32.4 Å². The minimum Gasteiger partial charge on any atom is -0.444 e. The van der Waals surface area contributed by atoms with Gasteiger partial charge in [-0.2, -0.15) is 0 Å². The number of amides is 1. The van der Waals surface area contributed by atoms with Gasteiger partial charge in [0.25, 0.3) is 5.69 Å². The molecule has 1 atom stereocenters. The van der Waals surface area contributed by atoms with Crippen LogP contribution in [0.25, 0.3) is 0 Å². The van der Waals surface area contributed by atoms with Crippen LogP contribution in [0.4, 0.5) is 10.5 Å². The summed E-state index contributed by atoms with van der Waals surface area (Å²) in [5, 5.41) is 13.1. The lowest BCUT2D eigenvalue weighted by Gasteiger charge is -2.20. The summed E-state index contributed by atoms with van der Waals surface area (Å²) in [4.78, 5) is 21.5. The van der Waals surface area contributed by atoms with E-state index in [0.29, 0.717) is 5.56 Å². The van der Waals surface area contributed by atoms with E-state index in [9.17, 15) is 14.9 Å². The largest absolute Gasteiger partial charge is 0.444 e. The molecule has 1 aromatic rings. The summed E-state index contributed by atoms with van der Waals surface area (Å²) in [6.07, 6.45) is -0.546. The Morgan fingerprint density at radius 1 is 1.40 bits per heavy atom. The molecule has 0 spiro atoms. The fourth-order valence-corrected chi connectivity index (χ4v) is 1.47. The minimum absolute atomic E-state index is 0.000974. The monoisotopic (exact) mass is 281 g/mol. The summed E-state index contributed by atoms with van der Waals surface area (Å²) in [5.74, 6) is 0. The highest BCUT2D eigenvalue weighted by Gasteiger charge is 2.17. The van der Waals surface area contributed by atoms with Crippen molar-refractivity contribution in [2.24, 2.45) is 5.73 Å². The third kappa shape index (κ3) is 5.23. The second kappa shape index (κ2) is 6.33. The Balaban J connectivity index is 2.52. The Labute approximate surface area is 117 Å². The summed E-state index contributed by atoms with van der Waals surface area (Å²) in [6.45, 7) is 5.49. The third-order valence-electron chi connectivity index (χ3n) is 2.40. The molecule has 110 valence electrons. The number of hydrogen-bond acceptors (Lipinski definition) is 5. The van der Waals surface area contributed by atoms with Crippen LogP contribution >= 0.6 is 0 Å². The summed E-state index contributed by atoms with van der Waals surface area (Å²) < 4.78 is 5.08. The summed E-state index contributed by atoms with van der Waals surface area (Å²) in [7, 11) is 0. The van der Waals surface area contributed by atoms with Crippen LogP contribution < -0.4 is 11.1 Å². The molecule has 7 nitrogen and oxygen atoms in total. The molecule has 3 N–H and O–H groups in total. The highest BCUT2D eigenvalue weighted by Crippen LogP contribution is 2.16. The van der Waals surface area contributed by atoms with Gasteiger partial charge in [-0.3, -0.25) is 10.1 Å². The molecule has 0 aliphatic rings. The highest BCUT2D eigenvalue weighted by molar-refractivity contribution is 5.67. The summed E-state index contributed by atoms with van der Waals surface area (Å²) in [5.41, 5.74) is 6.03. The van der Waals surface area contributed by atoms with Crippen molar-refractivity contribution in [1.29, 1.82) is 0 Å². The van der Waals surface area contributed by atoms with Gasteiger partial charge in [-0.05, 0) is 26.3 Å². The number of carbonyl (C=O) groups excluding carboxylic acids is 1. The lowest BCUT2D eigenvalue weighted by atomic mass is 10.1. The molecule has 0 fully saturated rings. The zero-order chi connectivity index (χ0) is 15.3. The maximum Gasteiger partial charge on any atom is 0.407 e. The van der Waals surface area contributed by atoms with E-state index in [2.05, 4.69) is 5.32 Å². The van der Waals surface area contributed by atoms with E-state index in [1.165, 1.54) is 12.1 Å². The molecule has 7 heteroatoms. The van der Waals surface area contributed by atoms with E-state index < -0.39 is 22.7 Å². The molecule has 20 heavy (non-hydrogen) atoms. The van der Waals surface area contributed by atoms with E-state index in [1.54, 1.807) is 32.9 Å². The van der Waals surface area contributed by atoms with Gasteiger partial charge in [0.15, 0.2) is 0 Å². The first kappa shape index (κ1) is 15.9. The quantitative estimate of drug-likeness (QED) is 0.649. The van der Waals surface area contributed by atoms with Crippen molar-refractivity contribution in [3.05, 3.63) is 39.9 Å². The van der Waals surface area contributed by atoms with Crippen LogP contribution in [0.1, 0.15) is 32.4 Å². The minimum atomic E-state index is -0.568. The van der Waals surface area contributed by atoms with E-state index in [4.69, 9.17) is 10.5 Å². The molecule has 0 aromatic heterocycles. The number of hydrogen-bond donors (Lipinski definition) is 2. The fourth-order valence-electron chi connectivity index (χ4n) is 1.47. The molecular weight excluding hydrogens is 262 g/mol. The average molecular weight is 281 g/mol. The van der Waals surface area contributed by atoms with Crippen molar-refractivity contribution in [3.8, 4) is 0 Å². The zero-order valence-corrected chi connectivity index (χ0v) is 11.8. The number of nitrogens with two attached hydrogens (primary N) is 1. The second-order valence-corrected chi connectivity index (χ2v) is 5.34. The maximum atomic E-state index is 11.5. The standard InChI is InChI=1S/C13H19N3O4/c1-13(2,3)20-12(17)15-8-11(14)9-4-6-10(7-5-9)16(18)19/h4-7,11H,8,14H2,1-3H3,(H,15,17). The van der Waals surface area contributed by atoms with Crippen LogP contribution in [-0.4, -0.2) is 23.2 Å². The van der Waals surface area contributed by atoms with Gasteiger partial charge in [-0.25, -0.2) is 4.79 Å². The Morgan fingerprint density at radius 3 is 2.40 bits per heavy atom. The topological polar surface area (TPSA) is 107 Å². The number of nitro groups is 1. The van der Waals surface area contributed by atoms with Crippen LogP contribution in [0.2, 0.25) is 0 Å². The molecule has 0 bridgehead atoms. The zero-order valence-electron chi connectivity index (χ0n) is 11.8. The van der Waals surface area contributed by atoms with Crippen LogP contribution in [0.3, 0.4) is 0 Å². The molecule has 1 aromatic carbocycles. The van der Waals surface area contributed by atoms with Gasteiger partial charge >= 0.3 is 6.09 Å². The predicted molar refractivity (Wildman–Crippen MR) is 74.3 cm³/mol. The van der Waals surface area contributed by atoms with Gasteiger partial charge in [0.2, 0.25) is 0 Å². The van der Waals surface area contributed by atoms with Gasteiger partial charge in [0.05, 0.1) is 4.92 Å². The number of non-ortho nitro benzene ring substituents is 1. The molecule has 1 rings (SSSR count). The van der Waals surface area contributed by atoms with Crippen LogP contribution in [0.15, 0.2) is 24.3 Å². The lowest BCUT2D eigenvalue weighted by molar-refractivity contribution is -0.384. The van der Waals surface area contributed by atoms with Crippen molar-refractivity contribution >= 4 is 11.8 Å². The highest BCUT2D eigenvalue weighted by atomic mass is 16.6.